The molecule has 0 aliphatic carbocycles. The number of nitrogens with one attached hydrogen (secondary N) is 1. The number of amides is 2. The van der Waals surface area contributed by atoms with E-state index in [1.807, 2.05) is 44.2 Å². The van der Waals surface area contributed by atoms with Crippen LogP contribution in [0.5, 0.6) is 0 Å². The van der Waals surface area contributed by atoms with Gasteiger partial charge in [-0.25, -0.2) is 0 Å². The fraction of sp³-hybridized carbons (Fsp3) is 0.484. The molecule has 1 atom stereocenters. The molecule has 1 N–H and O–H groups in total. The molecule has 37 heavy (non-hydrogen) atoms. The van der Waals surface area contributed by atoms with Gasteiger partial charge in [-0.1, -0.05) is 58.0 Å². The van der Waals surface area contributed by atoms with Crippen LogP contribution in [0, 0.1) is 5.41 Å². The van der Waals surface area contributed by atoms with Crippen LogP contribution in [-0.2, 0) is 22.6 Å². The molecule has 0 bridgehead atoms. The fourth-order valence-corrected chi connectivity index (χ4v) is 4.52. The number of aromatic nitrogens is 1. The van der Waals surface area contributed by atoms with Crippen molar-refractivity contribution >= 4 is 28.4 Å². The molecule has 1 aromatic heterocycles. The van der Waals surface area contributed by atoms with Crippen molar-refractivity contribution in [3.05, 3.63) is 65.9 Å². The van der Waals surface area contributed by atoms with Gasteiger partial charge in [-0.15, -0.1) is 0 Å². The third kappa shape index (κ3) is 7.85. The van der Waals surface area contributed by atoms with Gasteiger partial charge >= 0.3 is 0 Å². The van der Waals surface area contributed by atoms with E-state index in [1.54, 1.807) is 4.90 Å². The summed E-state index contributed by atoms with van der Waals surface area (Å²) in [6.45, 7) is 11.5. The van der Waals surface area contributed by atoms with E-state index in [1.165, 1.54) is 10.9 Å². The topological polar surface area (TPSA) is 59.7 Å². The van der Waals surface area contributed by atoms with E-state index in [4.69, 9.17) is 0 Å². The first-order valence-electron chi connectivity index (χ1n) is 13.4. The van der Waals surface area contributed by atoms with Crippen LogP contribution in [0.15, 0.2) is 54.7 Å². The van der Waals surface area contributed by atoms with Crippen LogP contribution in [0.3, 0.4) is 0 Å². The first kappa shape index (κ1) is 28.3. The zero-order chi connectivity index (χ0) is 27.2. The number of hydrogen-bond donors (Lipinski definition) is 1. The number of carbonyl (C=O) groups excluding carboxylic acids is 2. The molecule has 6 heteroatoms. The summed E-state index contributed by atoms with van der Waals surface area (Å²) in [7, 11) is 4.04. The molecule has 0 aliphatic heterocycles. The Labute approximate surface area is 222 Å². The Kier molecular flexibility index (Phi) is 9.41. The Morgan fingerprint density at radius 3 is 2.27 bits per heavy atom. The van der Waals surface area contributed by atoms with E-state index >= 15 is 0 Å². The number of benzene rings is 2. The quantitative estimate of drug-likeness (QED) is 0.355. The van der Waals surface area contributed by atoms with E-state index in [0.717, 1.165) is 29.6 Å². The Morgan fingerprint density at radius 2 is 1.65 bits per heavy atom. The number of hydrogen-bond acceptors (Lipinski definition) is 3. The lowest BCUT2D eigenvalue weighted by molar-refractivity contribution is -0.143. The molecule has 0 saturated heterocycles. The van der Waals surface area contributed by atoms with Crippen LogP contribution in [0.25, 0.3) is 10.9 Å². The minimum absolute atomic E-state index is 0.00800. The zero-order valence-electron chi connectivity index (χ0n) is 23.7. The predicted octanol–water partition coefficient (Wildman–Crippen LogP) is 5.87. The second-order valence-electron chi connectivity index (χ2n) is 11.5. The van der Waals surface area contributed by atoms with Gasteiger partial charge in [-0.3, -0.25) is 9.59 Å². The highest BCUT2D eigenvalue weighted by molar-refractivity contribution is 5.86. The number of anilines is 1. The van der Waals surface area contributed by atoms with Gasteiger partial charge in [0.15, 0.2) is 0 Å². The first-order valence-corrected chi connectivity index (χ1v) is 13.4. The molecule has 1 unspecified atom stereocenters. The summed E-state index contributed by atoms with van der Waals surface area (Å²) in [4.78, 5) is 36.1. The second-order valence-corrected chi connectivity index (χ2v) is 11.5. The molecule has 3 rings (SSSR count). The summed E-state index contributed by atoms with van der Waals surface area (Å²) < 4.78 is 0. The maximum absolute atomic E-state index is 13.8. The number of rotatable bonds is 11. The van der Waals surface area contributed by atoms with E-state index in [9.17, 15) is 9.59 Å². The van der Waals surface area contributed by atoms with E-state index < -0.39 is 0 Å². The SMILES string of the molecule is CCC(C)N(CC(=O)N(CCc1c[nH]c2ccccc12)Cc1ccc(N(C)C)cc1)C(=O)CC(C)(C)C. The van der Waals surface area contributed by atoms with Gasteiger partial charge in [-0.05, 0) is 54.5 Å². The summed E-state index contributed by atoms with van der Waals surface area (Å²) in [5.41, 5.74) is 4.36. The maximum atomic E-state index is 13.8. The number of carbonyl (C=O) groups is 2. The third-order valence-electron chi connectivity index (χ3n) is 6.94. The number of aromatic amines is 1. The molecule has 3 aromatic rings. The minimum Gasteiger partial charge on any atom is -0.378 e. The monoisotopic (exact) mass is 504 g/mol. The molecule has 6 nitrogen and oxygen atoms in total. The lowest BCUT2D eigenvalue weighted by Gasteiger charge is -2.33. The highest BCUT2D eigenvalue weighted by atomic mass is 16.2. The molecular formula is C31H44N4O2. The van der Waals surface area contributed by atoms with E-state index in [-0.39, 0.29) is 29.8 Å². The van der Waals surface area contributed by atoms with Crippen molar-refractivity contribution in [2.24, 2.45) is 5.41 Å². The van der Waals surface area contributed by atoms with Crippen LogP contribution in [0.1, 0.15) is 58.6 Å². The number of H-pyrrole nitrogens is 1. The largest absolute Gasteiger partial charge is 0.378 e. The van der Waals surface area contributed by atoms with Gasteiger partial charge in [-0.2, -0.15) is 0 Å². The van der Waals surface area contributed by atoms with Crippen LogP contribution >= 0.6 is 0 Å². The minimum atomic E-state index is -0.130. The van der Waals surface area contributed by atoms with Gasteiger partial charge in [0.05, 0.1) is 6.54 Å². The summed E-state index contributed by atoms with van der Waals surface area (Å²) >= 11 is 0. The predicted molar refractivity (Wildman–Crippen MR) is 154 cm³/mol. The Balaban J connectivity index is 1.82. The number of fused-ring (bicyclic) bond motifs is 1. The fourth-order valence-electron chi connectivity index (χ4n) is 4.52. The summed E-state index contributed by atoms with van der Waals surface area (Å²) in [5.74, 6) is 0.0289. The molecule has 0 spiro atoms. The van der Waals surface area contributed by atoms with Crippen LogP contribution in [0.4, 0.5) is 5.69 Å². The lowest BCUT2D eigenvalue weighted by Crippen LogP contribution is -2.47. The first-order chi connectivity index (χ1) is 17.5. The van der Waals surface area contributed by atoms with E-state index in [0.29, 0.717) is 19.5 Å². The van der Waals surface area contributed by atoms with Gasteiger partial charge in [0.1, 0.15) is 0 Å². The van der Waals surface area contributed by atoms with E-state index in [2.05, 4.69) is 74.0 Å². The standard InChI is InChI=1S/C31H44N4O2/c1-8-23(2)35(29(36)19-31(3,4)5)22-30(37)34(21-24-13-15-26(16-14-24)33(6)7)18-17-25-20-32-28-12-10-9-11-27(25)28/h9-16,20,23,32H,8,17-19,21-22H2,1-7H3. The van der Waals surface area contributed by atoms with Gasteiger partial charge in [0, 0.05) is 62.4 Å². The molecular weight excluding hydrogens is 460 g/mol. The van der Waals surface area contributed by atoms with Gasteiger partial charge in [0.2, 0.25) is 11.8 Å². The average Bonchev–Trinajstić information content (AvgIpc) is 3.26. The smallest absolute Gasteiger partial charge is 0.242 e. The van der Waals surface area contributed by atoms with Crippen molar-refractivity contribution in [3.8, 4) is 0 Å². The van der Waals surface area contributed by atoms with Crippen LogP contribution < -0.4 is 4.90 Å². The van der Waals surface area contributed by atoms with Crippen molar-refractivity contribution in [1.82, 2.24) is 14.8 Å². The summed E-state index contributed by atoms with van der Waals surface area (Å²) in [6.07, 6.45) is 4.01. The summed E-state index contributed by atoms with van der Waals surface area (Å²) in [6, 6.07) is 16.6. The van der Waals surface area contributed by atoms with Crippen molar-refractivity contribution in [2.75, 3.05) is 32.1 Å². The Hall–Kier alpha value is -3.28. The molecule has 1 heterocycles. The molecule has 0 radical (unpaired) electrons. The Bertz CT molecular complexity index is 1170. The second kappa shape index (κ2) is 12.3. The van der Waals surface area contributed by atoms with Crippen molar-refractivity contribution < 1.29 is 9.59 Å². The summed E-state index contributed by atoms with van der Waals surface area (Å²) in [5, 5.41) is 1.19. The van der Waals surface area contributed by atoms with Crippen molar-refractivity contribution in [2.45, 2.75) is 66.5 Å². The molecule has 2 aromatic carbocycles. The number of nitrogens with zero attached hydrogens (tertiary/aromatic N) is 3. The highest BCUT2D eigenvalue weighted by Crippen LogP contribution is 2.23. The highest BCUT2D eigenvalue weighted by Gasteiger charge is 2.28. The molecule has 200 valence electrons. The van der Waals surface area contributed by atoms with Gasteiger partial charge in [0.25, 0.3) is 0 Å². The molecule has 0 saturated carbocycles. The normalized spacial score (nSPS) is 12.4. The lowest BCUT2D eigenvalue weighted by atomic mass is 9.91. The molecule has 0 aliphatic rings. The van der Waals surface area contributed by atoms with Crippen LogP contribution in [-0.4, -0.2) is 59.8 Å². The molecule has 2 amide bonds. The molecule has 0 fully saturated rings. The average molecular weight is 505 g/mol. The van der Waals surface area contributed by atoms with Crippen LogP contribution in [0.2, 0.25) is 0 Å². The maximum Gasteiger partial charge on any atom is 0.242 e. The number of para-hydroxylation sites is 1. The third-order valence-corrected chi connectivity index (χ3v) is 6.94. The van der Waals surface area contributed by atoms with Crippen molar-refractivity contribution in [3.63, 3.8) is 0 Å². The zero-order valence-corrected chi connectivity index (χ0v) is 23.7. The van der Waals surface area contributed by atoms with Gasteiger partial charge < -0.3 is 19.7 Å². The Morgan fingerprint density at radius 1 is 0.973 bits per heavy atom. The van der Waals surface area contributed by atoms with Crippen molar-refractivity contribution in [1.29, 1.82) is 0 Å².